The van der Waals surface area contributed by atoms with Crippen LogP contribution in [0.25, 0.3) is 0 Å². The zero-order valence-corrected chi connectivity index (χ0v) is 9.62. The van der Waals surface area contributed by atoms with Gasteiger partial charge in [-0.1, -0.05) is 31.9 Å². The van der Waals surface area contributed by atoms with Crippen LogP contribution < -0.4 is 0 Å². The van der Waals surface area contributed by atoms with Crippen molar-refractivity contribution in [1.82, 2.24) is 0 Å². The van der Waals surface area contributed by atoms with E-state index in [0.29, 0.717) is 8.65 Å². The molecule has 3 fully saturated rings. The Morgan fingerprint density at radius 2 is 1.27 bits per heavy atom. The average Bonchev–Trinajstić information content (AvgIpc) is 2.67. The van der Waals surface area contributed by atoms with Gasteiger partial charge in [-0.15, -0.1) is 0 Å². The van der Waals surface area contributed by atoms with Crippen LogP contribution in [0.4, 0.5) is 0 Å². The molecule has 62 valence electrons. The standard InChI is InChI=1S/C9H12Br2/c10-9(11)5-8(9,6-1-2-6)7-3-4-7/h6-7H,1-5H2. The summed E-state index contributed by atoms with van der Waals surface area (Å²) in [7, 11) is 0. The summed E-state index contributed by atoms with van der Waals surface area (Å²) in [5.74, 6) is 2.13. The first-order valence-corrected chi connectivity index (χ1v) is 6.13. The Hall–Kier alpha value is 0.960. The fourth-order valence-corrected chi connectivity index (χ4v) is 4.96. The Kier molecular flexibility index (Phi) is 1.27. The molecule has 0 amide bonds. The molecule has 0 radical (unpaired) electrons. The maximum absolute atomic E-state index is 3.81. The van der Waals surface area contributed by atoms with E-state index in [-0.39, 0.29) is 0 Å². The molecule has 0 unspecified atom stereocenters. The summed E-state index contributed by atoms with van der Waals surface area (Å²) in [6.45, 7) is 0. The van der Waals surface area contributed by atoms with Crippen molar-refractivity contribution in [2.75, 3.05) is 0 Å². The maximum Gasteiger partial charge on any atom is 0.0873 e. The van der Waals surface area contributed by atoms with Gasteiger partial charge in [-0.05, 0) is 43.9 Å². The molecule has 0 atom stereocenters. The molecule has 0 spiro atoms. The zero-order chi connectivity index (χ0) is 7.69. The van der Waals surface area contributed by atoms with Gasteiger partial charge in [0.25, 0.3) is 0 Å². The summed E-state index contributed by atoms with van der Waals surface area (Å²) in [6, 6.07) is 0. The fourth-order valence-electron chi connectivity index (χ4n) is 2.74. The second-order valence-corrected chi connectivity index (χ2v) is 8.24. The van der Waals surface area contributed by atoms with Gasteiger partial charge in [0.15, 0.2) is 0 Å². The van der Waals surface area contributed by atoms with Gasteiger partial charge in [0, 0.05) is 5.41 Å². The summed E-state index contributed by atoms with van der Waals surface area (Å²) >= 11 is 7.62. The van der Waals surface area contributed by atoms with Crippen molar-refractivity contribution < 1.29 is 0 Å². The van der Waals surface area contributed by atoms with E-state index in [1.807, 2.05) is 0 Å². The van der Waals surface area contributed by atoms with Crippen LogP contribution in [0.5, 0.6) is 0 Å². The zero-order valence-electron chi connectivity index (χ0n) is 6.45. The minimum absolute atomic E-state index is 0.356. The van der Waals surface area contributed by atoms with E-state index in [2.05, 4.69) is 31.9 Å². The monoisotopic (exact) mass is 278 g/mol. The first-order valence-electron chi connectivity index (χ1n) is 4.55. The molecular weight excluding hydrogens is 268 g/mol. The number of hydrogen-bond acceptors (Lipinski definition) is 0. The van der Waals surface area contributed by atoms with Crippen LogP contribution in [-0.2, 0) is 0 Å². The average molecular weight is 280 g/mol. The van der Waals surface area contributed by atoms with Crippen LogP contribution in [0.2, 0.25) is 0 Å². The second kappa shape index (κ2) is 1.89. The fraction of sp³-hybridized carbons (Fsp3) is 1.00. The summed E-state index contributed by atoms with van der Waals surface area (Å²) in [5.41, 5.74) is 0.701. The van der Waals surface area contributed by atoms with Crippen molar-refractivity contribution in [2.45, 2.75) is 35.3 Å². The number of hydrogen-bond donors (Lipinski definition) is 0. The van der Waals surface area contributed by atoms with Crippen molar-refractivity contribution in [3.05, 3.63) is 0 Å². The molecule has 0 aliphatic heterocycles. The molecule has 0 heterocycles. The Balaban J connectivity index is 1.89. The Labute approximate surface area is 84.4 Å². The maximum atomic E-state index is 3.81. The van der Waals surface area contributed by atoms with Crippen molar-refractivity contribution in [3.63, 3.8) is 0 Å². The van der Waals surface area contributed by atoms with Gasteiger partial charge < -0.3 is 0 Å². The molecule has 3 aliphatic rings. The van der Waals surface area contributed by atoms with E-state index >= 15 is 0 Å². The molecule has 0 aromatic carbocycles. The highest BCUT2D eigenvalue weighted by molar-refractivity contribution is 9.25. The van der Waals surface area contributed by atoms with Crippen LogP contribution >= 0.6 is 31.9 Å². The topological polar surface area (TPSA) is 0 Å². The van der Waals surface area contributed by atoms with Gasteiger partial charge in [0.2, 0.25) is 0 Å². The molecule has 0 nitrogen and oxygen atoms in total. The molecule has 0 aromatic rings. The summed E-state index contributed by atoms with van der Waals surface area (Å²) < 4.78 is 0.356. The molecule has 3 rings (SSSR count). The van der Waals surface area contributed by atoms with E-state index in [4.69, 9.17) is 0 Å². The summed E-state index contributed by atoms with van der Waals surface area (Å²) in [6.07, 6.45) is 7.37. The third-order valence-corrected chi connectivity index (χ3v) is 5.72. The smallest absolute Gasteiger partial charge is 0.0721 e. The largest absolute Gasteiger partial charge is 0.0873 e. The van der Waals surface area contributed by atoms with Crippen molar-refractivity contribution in [3.8, 4) is 0 Å². The first kappa shape index (κ1) is 7.37. The Morgan fingerprint density at radius 1 is 0.909 bits per heavy atom. The molecule has 2 heteroatoms. The highest BCUT2D eigenvalue weighted by Crippen LogP contribution is 2.81. The highest BCUT2D eigenvalue weighted by atomic mass is 79.9. The first-order chi connectivity index (χ1) is 5.17. The Morgan fingerprint density at radius 3 is 1.45 bits per heavy atom. The van der Waals surface area contributed by atoms with Crippen molar-refractivity contribution in [1.29, 1.82) is 0 Å². The lowest BCUT2D eigenvalue weighted by molar-refractivity contribution is 0.379. The molecule has 0 N–H and O–H groups in total. The van der Waals surface area contributed by atoms with Gasteiger partial charge in [-0.2, -0.15) is 0 Å². The van der Waals surface area contributed by atoms with Crippen LogP contribution in [-0.4, -0.2) is 3.23 Å². The number of rotatable bonds is 2. The Bertz CT molecular complexity index is 190. The third kappa shape index (κ3) is 0.861. The van der Waals surface area contributed by atoms with Crippen molar-refractivity contribution in [2.24, 2.45) is 17.3 Å². The van der Waals surface area contributed by atoms with Crippen LogP contribution in [0, 0.1) is 17.3 Å². The van der Waals surface area contributed by atoms with Crippen LogP contribution in [0.1, 0.15) is 32.1 Å². The third-order valence-electron chi connectivity index (χ3n) is 3.68. The predicted molar refractivity (Wildman–Crippen MR) is 53.1 cm³/mol. The minimum Gasteiger partial charge on any atom is -0.0721 e. The van der Waals surface area contributed by atoms with Gasteiger partial charge in [0.1, 0.15) is 0 Å². The quantitative estimate of drug-likeness (QED) is 0.677. The highest BCUT2D eigenvalue weighted by Gasteiger charge is 2.75. The lowest BCUT2D eigenvalue weighted by Gasteiger charge is -2.16. The van der Waals surface area contributed by atoms with E-state index in [1.165, 1.54) is 32.1 Å². The number of alkyl halides is 2. The van der Waals surface area contributed by atoms with Gasteiger partial charge >= 0.3 is 0 Å². The summed E-state index contributed by atoms with van der Waals surface area (Å²) in [5, 5.41) is 0. The normalized spacial score (nSPS) is 38.7. The lowest BCUT2D eigenvalue weighted by atomic mass is 9.94. The van der Waals surface area contributed by atoms with Gasteiger partial charge in [-0.25, -0.2) is 0 Å². The van der Waals surface area contributed by atoms with Gasteiger partial charge in [0.05, 0.1) is 3.23 Å². The van der Waals surface area contributed by atoms with Crippen molar-refractivity contribution >= 4 is 31.9 Å². The minimum atomic E-state index is 0.356. The van der Waals surface area contributed by atoms with Crippen LogP contribution in [0.15, 0.2) is 0 Å². The summed E-state index contributed by atoms with van der Waals surface area (Å²) in [4.78, 5) is 0. The van der Waals surface area contributed by atoms with E-state index < -0.39 is 0 Å². The molecule has 11 heavy (non-hydrogen) atoms. The molecule has 0 aromatic heterocycles. The molecule has 0 bridgehead atoms. The molecule has 3 aliphatic carbocycles. The van der Waals surface area contributed by atoms with E-state index in [1.54, 1.807) is 0 Å². The van der Waals surface area contributed by atoms with E-state index in [0.717, 1.165) is 11.8 Å². The number of halogens is 2. The molecule has 3 saturated carbocycles. The molecular formula is C9H12Br2. The van der Waals surface area contributed by atoms with E-state index in [9.17, 15) is 0 Å². The van der Waals surface area contributed by atoms with Gasteiger partial charge in [-0.3, -0.25) is 0 Å². The predicted octanol–water partition coefficient (Wildman–Crippen LogP) is 3.68. The molecule has 0 saturated heterocycles. The second-order valence-electron chi connectivity index (χ2n) is 4.47. The lowest BCUT2D eigenvalue weighted by Crippen LogP contribution is -2.13. The van der Waals surface area contributed by atoms with Crippen LogP contribution in [0.3, 0.4) is 0 Å². The SMILES string of the molecule is BrC1(Br)CC1(C1CC1)C1CC1.